The van der Waals surface area contributed by atoms with Crippen molar-refractivity contribution in [3.05, 3.63) is 30.6 Å². The van der Waals surface area contributed by atoms with Crippen molar-refractivity contribution in [3.8, 4) is 11.4 Å². The van der Waals surface area contributed by atoms with E-state index in [0.29, 0.717) is 5.92 Å². The molecular weight excluding hydrogens is 266 g/mol. The number of aryl methyl sites for hydroxylation is 1. The molecule has 0 unspecified atom stereocenters. The number of hydrogen-bond donors (Lipinski definition) is 1. The largest absolute Gasteiger partial charge is 0.395 e. The molecule has 1 fully saturated rings. The van der Waals surface area contributed by atoms with Gasteiger partial charge in [-0.25, -0.2) is 9.97 Å². The molecule has 21 heavy (non-hydrogen) atoms. The molecule has 0 amide bonds. The van der Waals surface area contributed by atoms with Crippen molar-refractivity contribution in [1.29, 1.82) is 0 Å². The summed E-state index contributed by atoms with van der Waals surface area (Å²) >= 11 is 0. The summed E-state index contributed by atoms with van der Waals surface area (Å²) in [6.07, 6.45) is 9.33. The third-order valence-electron chi connectivity index (χ3n) is 4.05. The van der Waals surface area contributed by atoms with Gasteiger partial charge in [-0.2, -0.15) is 0 Å². The Bertz CT molecular complexity index is 597. The van der Waals surface area contributed by atoms with Crippen LogP contribution in [0, 0.1) is 5.92 Å². The maximum atomic E-state index is 9.00. The number of likely N-dealkylation sites (tertiary alicyclic amines) is 1. The molecule has 1 aliphatic rings. The molecule has 6 heteroatoms. The Hall–Kier alpha value is -1.79. The molecule has 3 rings (SSSR count). The van der Waals surface area contributed by atoms with E-state index in [4.69, 9.17) is 10.1 Å². The van der Waals surface area contributed by atoms with Crippen LogP contribution in [0.4, 0.5) is 0 Å². The van der Waals surface area contributed by atoms with Crippen molar-refractivity contribution < 1.29 is 5.11 Å². The van der Waals surface area contributed by atoms with Gasteiger partial charge in [-0.15, -0.1) is 0 Å². The molecule has 1 saturated heterocycles. The van der Waals surface area contributed by atoms with E-state index in [1.807, 2.05) is 24.0 Å². The zero-order chi connectivity index (χ0) is 14.7. The normalized spacial score (nSPS) is 19.2. The van der Waals surface area contributed by atoms with E-state index in [1.165, 1.54) is 0 Å². The summed E-state index contributed by atoms with van der Waals surface area (Å²) in [7, 11) is 1.96. The monoisotopic (exact) mass is 287 g/mol. The Morgan fingerprint density at radius 1 is 1.29 bits per heavy atom. The van der Waals surface area contributed by atoms with Crippen molar-refractivity contribution in [1.82, 2.24) is 24.4 Å². The van der Waals surface area contributed by atoms with Gasteiger partial charge in [0.1, 0.15) is 5.69 Å². The molecular formula is C15H21N5O. The molecule has 0 radical (unpaired) electrons. The SMILES string of the molecule is Cn1cncc1-c1cncc(C[C@H]2CCN(CCO)C2)n1. The van der Waals surface area contributed by atoms with Crippen molar-refractivity contribution in [2.45, 2.75) is 12.8 Å². The summed E-state index contributed by atoms with van der Waals surface area (Å²) in [4.78, 5) is 15.5. The molecule has 0 aromatic carbocycles. The zero-order valence-electron chi connectivity index (χ0n) is 12.3. The van der Waals surface area contributed by atoms with E-state index in [2.05, 4.69) is 14.9 Å². The lowest BCUT2D eigenvalue weighted by molar-refractivity contribution is 0.217. The van der Waals surface area contributed by atoms with Gasteiger partial charge in [0.2, 0.25) is 0 Å². The third kappa shape index (κ3) is 3.28. The number of hydrogen-bond acceptors (Lipinski definition) is 5. The highest BCUT2D eigenvalue weighted by Crippen LogP contribution is 2.21. The first-order chi connectivity index (χ1) is 10.3. The summed E-state index contributed by atoms with van der Waals surface area (Å²) < 4.78 is 1.95. The van der Waals surface area contributed by atoms with Crippen LogP contribution in [0.5, 0.6) is 0 Å². The molecule has 0 bridgehead atoms. The van der Waals surface area contributed by atoms with Crippen LogP contribution in [0.3, 0.4) is 0 Å². The van der Waals surface area contributed by atoms with Gasteiger partial charge in [-0.3, -0.25) is 4.98 Å². The predicted octanol–water partition coefficient (Wildman–Crippen LogP) is 0.734. The number of aliphatic hydroxyl groups is 1. The number of aliphatic hydroxyl groups excluding tert-OH is 1. The average molecular weight is 287 g/mol. The van der Waals surface area contributed by atoms with Gasteiger partial charge in [0, 0.05) is 26.3 Å². The fourth-order valence-electron chi connectivity index (χ4n) is 2.95. The Morgan fingerprint density at radius 2 is 2.19 bits per heavy atom. The summed E-state index contributed by atoms with van der Waals surface area (Å²) in [6.45, 7) is 3.12. The van der Waals surface area contributed by atoms with E-state index in [0.717, 1.165) is 49.6 Å². The minimum Gasteiger partial charge on any atom is -0.395 e. The van der Waals surface area contributed by atoms with Crippen molar-refractivity contribution in [2.75, 3.05) is 26.2 Å². The highest BCUT2D eigenvalue weighted by molar-refractivity contribution is 5.52. The fourth-order valence-corrected chi connectivity index (χ4v) is 2.95. The van der Waals surface area contributed by atoms with Crippen molar-refractivity contribution >= 4 is 0 Å². The molecule has 0 aliphatic carbocycles. The number of rotatable bonds is 5. The quantitative estimate of drug-likeness (QED) is 0.878. The first-order valence-electron chi connectivity index (χ1n) is 7.37. The van der Waals surface area contributed by atoms with Crippen LogP contribution >= 0.6 is 0 Å². The summed E-state index contributed by atoms with van der Waals surface area (Å²) in [5, 5.41) is 9.00. The van der Waals surface area contributed by atoms with Crippen LogP contribution in [0.15, 0.2) is 24.9 Å². The number of nitrogens with zero attached hydrogens (tertiary/aromatic N) is 5. The summed E-state index contributed by atoms with van der Waals surface area (Å²) in [5.74, 6) is 0.604. The minimum absolute atomic E-state index is 0.239. The fraction of sp³-hybridized carbons (Fsp3) is 0.533. The van der Waals surface area contributed by atoms with Crippen LogP contribution in [0.1, 0.15) is 12.1 Å². The second-order valence-electron chi connectivity index (χ2n) is 5.67. The van der Waals surface area contributed by atoms with Gasteiger partial charge >= 0.3 is 0 Å². The van der Waals surface area contributed by atoms with Gasteiger partial charge in [-0.1, -0.05) is 0 Å². The van der Waals surface area contributed by atoms with Crippen LogP contribution in [-0.4, -0.2) is 55.8 Å². The Kier molecular flexibility index (Phi) is 4.26. The van der Waals surface area contributed by atoms with E-state index >= 15 is 0 Å². The lowest BCUT2D eigenvalue weighted by Gasteiger charge is -2.14. The maximum absolute atomic E-state index is 9.00. The van der Waals surface area contributed by atoms with Crippen LogP contribution in [0.25, 0.3) is 11.4 Å². The first kappa shape index (κ1) is 14.2. The molecule has 2 aromatic rings. The van der Waals surface area contributed by atoms with Crippen LogP contribution < -0.4 is 0 Å². The Labute approximate surface area is 124 Å². The third-order valence-corrected chi connectivity index (χ3v) is 4.05. The second kappa shape index (κ2) is 6.32. The van der Waals surface area contributed by atoms with Crippen molar-refractivity contribution in [3.63, 3.8) is 0 Å². The zero-order valence-corrected chi connectivity index (χ0v) is 12.3. The molecule has 3 heterocycles. The van der Waals surface area contributed by atoms with Crippen molar-refractivity contribution in [2.24, 2.45) is 13.0 Å². The van der Waals surface area contributed by atoms with Crippen LogP contribution in [0.2, 0.25) is 0 Å². The molecule has 0 saturated carbocycles. The molecule has 1 N–H and O–H groups in total. The first-order valence-corrected chi connectivity index (χ1v) is 7.37. The topological polar surface area (TPSA) is 67.1 Å². The predicted molar refractivity (Wildman–Crippen MR) is 79.6 cm³/mol. The smallest absolute Gasteiger partial charge is 0.107 e. The van der Waals surface area contributed by atoms with E-state index in [-0.39, 0.29) is 6.61 Å². The van der Waals surface area contributed by atoms with Gasteiger partial charge in [0.25, 0.3) is 0 Å². The highest BCUT2D eigenvalue weighted by Gasteiger charge is 2.22. The van der Waals surface area contributed by atoms with Gasteiger partial charge in [0.05, 0.1) is 36.7 Å². The standard InChI is InChI=1S/C15H21N5O/c1-19-11-17-9-15(19)14-8-16-7-13(18-14)6-12-2-3-20(10-12)4-5-21/h7-9,11-12,21H,2-6,10H2,1H3/t12-/m1/s1. The van der Waals surface area contributed by atoms with Gasteiger partial charge in [0.15, 0.2) is 0 Å². The number of β-amino-alcohol motifs (C(OH)–C–C–N with tert-alkyl or cyclic N) is 1. The van der Waals surface area contributed by atoms with Crippen LogP contribution in [-0.2, 0) is 13.5 Å². The number of imidazole rings is 1. The summed E-state index contributed by atoms with van der Waals surface area (Å²) in [6, 6.07) is 0. The van der Waals surface area contributed by atoms with E-state index < -0.39 is 0 Å². The average Bonchev–Trinajstić information content (AvgIpc) is 3.09. The van der Waals surface area contributed by atoms with E-state index in [1.54, 1.807) is 12.5 Å². The molecule has 0 spiro atoms. The van der Waals surface area contributed by atoms with E-state index in [9.17, 15) is 0 Å². The number of aromatic nitrogens is 4. The molecule has 6 nitrogen and oxygen atoms in total. The van der Waals surface area contributed by atoms with Gasteiger partial charge < -0.3 is 14.6 Å². The second-order valence-corrected chi connectivity index (χ2v) is 5.67. The van der Waals surface area contributed by atoms with Gasteiger partial charge in [-0.05, 0) is 25.3 Å². The lowest BCUT2D eigenvalue weighted by Crippen LogP contribution is -2.24. The molecule has 1 aliphatic heterocycles. The highest BCUT2D eigenvalue weighted by atomic mass is 16.3. The lowest BCUT2D eigenvalue weighted by atomic mass is 10.0. The Balaban J connectivity index is 1.68. The summed E-state index contributed by atoms with van der Waals surface area (Å²) in [5.41, 5.74) is 2.89. The molecule has 1 atom stereocenters. The maximum Gasteiger partial charge on any atom is 0.107 e. The Morgan fingerprint density at radius 3 is 2.95 bits per heavy atom. The minimum atomic E-state index is 0.239. The molecule has 112 valence electrons. The molecule has 2 aromatic heterocycles.